The number of carbonyl (C=O) groups is 2. The molecule has 0 saturated heterocycles. The van der Waals surface area contributed by atoms with E-state index in [0.29, 0.717) is 17.4 Å². The van der Waals surface area contributed by atoms with Crippen LogP contribution in [-0.4, -0.2) is 18.4 Å². The molecule has 2 bridgehead atoms. The average Bonchev–Trinajstić information content (AvgIpc) is 3.08. The van der Waals surface area contributed by atoms with E-state index in [1.54, 1.807) is 18.2 Å². The minimum absolute atomic E-state index is 0.106. The van der Waals surface area contributed by atoms with Crippen molar-refractivity contribution in [1.82, 2.24) is 0 Å². The zero-order valence-electron chi connectivity index (χ0n) is 11.9. The number of carbonyl (C=O) groups excluding carboxylic acids is 2. The van der Waals surface area contributed by atoms with Crippen LogP contribution in [0, 0.1) is 17.8 Å². The highest BCUT2D eigenvalue weighted by molar-refractivity contribution is 5.93. The molecule has 0 unspecified atom stereocenters. The second-order valence-electron chi connectivity index (χ2n) is 6.05. The first-order valence-electron chi connectivity index (χ1n) is 7.44. The Kier molecular flexibility index (Phi) is 3.82. The predicted molar refractivity (Wildman–Crippen MR) is 78.7 cm³/mol. The Morgan fingerprint density at radius 3 is 2.81 bits per heavy atom. The maximum Gasteiger partial charge on any atom is 0.255 e. The maximum absolute atomic E-state index is 12.4. The number of ether oxygens (including phenoxy) is 1. The molecule has 5 nitrogen and oxygen atoms in total. The van der Waals surface area contributed by atoms with Crippen LogP contribution < -0.4 is 15.8 Å². The lowest BCUT2D eigenvalue weighted by molar-refractivity contribution is -0.121. The Morgan fingerprint density at radius 1 is 1.29 bits per heavy atom. The molecule has 21 heavy (non-hydrogen) atoms. The highest BCUT2D eigenvalue weighted by atomic mass is 16.5. The summed E-state index contributed by atoms with van der Waals surface area (Å²) in [6.45, 7) is -0.163. The lowest BCUT2D eigenvalue weighted by Gasteiger charge is -2.20. The molecule has 0 aromatic heterocycles. The van der Waals surface area contributed by atoms with Gasteiger partial charge in [0.1, 0.15) is 5.75 Å². The van der Waals surface area contributed by atoms with Crippen molar-refractivity contribution in [3.05, 3.63) is 24.3 Å². The van der Waals surface area contributed by atoms with Gasteiger partial charge in [0.2, 0.25) is 5.91 Å². The first-order chi connectivity index (χ1) is 10.1. The number of rotatable bonds is 5. The summed E-state index contributed by atoms with van der Waals surface area (Å²) >= 11 is 0. The van der Waals surface area contributed by atoms with Gasteiger partial charge in [-0.3, -0.25) is 9.59 Å². The van der Waals surface area contributed by atoms with Crippen LogP contribution in [0.5, 0.6) is 5.75 Å². The van der Waals surface area contributed by atoms with Crippen LogP contribution in [0.2, 0.25) is 0 Å². The number of fused-ring (bicyclic) bond motifs is 2. The maximum atomic E-state index is 12.4. The highest BCUT2D eigenvalue weighted by Gasteiger charge is 2.42. The van der Waals surface area contributed by atoms with Gasteiger partial charge in [-0.15, -0.1) is 0 Å². The summed E-state index contributed by atoms with van der Waals surface area (Å²) < 4.78 is 5.24. The molecule has 1 aromatic carbocycles. The van der Waals surface area contributed by atoms with Crippen molar-refractivity contribution in [3.8, 4) is 5.75 Å². The standard InChI is InChI=1S/C16H20N2O3/c17-15(19)9-21-13-3-1-2-12(8-13)18-16(20)14-7-10-4-5-11(14)6-10/h1-3,8,10-11,14H,4-7,9H2,(H2,17,19)(H,18,20)/t10-,11-,14+/m0/s1. The molecule has 0 radical (unpaired) electrons. The van der Waals surface area contributed by atoms with Gasteiger partial charge in [0, 0.05) is 17.7 Å². The topological polar surface area (TPSA) is 81.4 Å². The fourth-order valence-electron chi connectivity index (χ4n) is 3.62. The van der Waals surface area contributed by atoms with E-state index in [4.69, 9.17) is 10.5 Å². The summed E-state index contributed by atoms with van der Waals surface area (Å²) in [5.74, 6) is 1.57. The molecule has 2 amide bonds. The number of primary amides is 1. The lowest BCUT2D eigenvalue weighted by atomic mass is 9.88. The minimum Gasteiger partial charge on any atom is -0.484 e. The summed E-state index contributed by atoms with van der Waals surface area (Å²) in [7, 11) is 0. The van der Waals surface area contributed by atoms with E-state index >= 15 is 0 Å². The third kappa shape index (κ3) is 3.17. The fraction of sp³-hybridized carbons (Fsp3) is 0.500. The smallest absolute Gasteiger partial charge is 0.255 e. The molecule has 2 saturated carbocycles. The van der Waals surface area contributed by atoms with Crippen LogP contribution in [0.3, 0.4) is 0 Å². The summed E-state index contributed by atoms with van der Waals surface area (Å²) in [5.41, 5.74) is 5.74. The van der Waals surface area contributed by atoms with Crippen LogP contribution in [0.4, 0.5) is 5.69 Å². The number of benzene rings is 1. The third-order valence-corrected chi connectivity index (χ3v) is 4.56. The van der Waals surface area contributed by atoms with Gasteiger partial charge in [-0.2, -0.15) is 0 Å². The SMILES string of the molecule is NC(=O)COc1cccc(NC(=O)[C@@H]2C[C@H]3CC[C@H]2C3)c1. The van der Waals surface area contributed by atoms with Gasteiger partial charge in [0.05, 0.1) is 0 Å². The molecule has 3 atom stereocenters. The van der Waals surface area contributed by atoms with Crippen molar-refractivity contribution in [3.63, 3.8) is 0 Å². The summed E-state index contributed by atoms with van der Waals surface area (Å²) in [4.78, 5) is 23.1. The molecule has 2 fully saturated rings. The Balaban J connectivity index is 1.60. The molecule has 2 aliphatic rings. The number of anilines is 1. The molecular formula is C16H20N2O3. The molecule has 0 spiro atoms. The molecule has 1 aromatic rings. The van der Waals surface area contributed by atoms with Crippen molar-refractivity contribution in [1.29, 1.82) is 0 Å². The van der Waals surface area contributed by atoms with Gasteiger partial charge in [-0.25, -0.2) is 0 Å². The number of nitrogens with one attached hydrogen (secondary N) is 1. The number of amides is 2. The van der Waals surface area contributed by atoms with Crippen LogP contribution in [0.15, 0.2) is 24.3 Å². The van der Waals surface area contributed by atoms with E-state index in [-0.39, 0.29) is 18.4 Å². The zero-order chi connectivity index (χ0) is 14.8. The Labute approximate surface area is 123 Å². The second-order valence-corrected chi connectivity index (χ2v) is 6.05. The van der Waals surface area contributed by atoms with Gasteiger partial charge in [0.25, 0.3) is 5.91 Å². The van der Waals surface area contributed by atoms with Crippen molar-refractivity contribution in [2.75, 3.05) is 11.9 Å². The van der Waals surface area contributed by atoms with E-state index in [9.17, 15) is 9.59 Å². The van der Waals surface area contributed by atoms with Crippen molar-refractivity contribution >= 4 is 17.5 Å². The second kappa shape index (κ2) is 5.76. The third-order valence-electron chi connectivity index (χ3n) is 4.56. The molecule has 3 N–H and O–H groups in total. The summed E-state index contributed by atoms with van der Waals surface area (Å²) in [5, 5.41) is 2.96. The van der Waals surface area contributed by atoms with E-state index in [2.05, 4.69) is 5.32 Å². The monoisotopic (exact) mass is 288 g/mol. The fourth-order valence-corrected chi connectivity index (χ4v) is 3.62. The Hall–Kier alpha value is -2.04. The first-order valence-corrected chi connectivity index (χ1v) is 7.44. The molecule has 5 heteroatoms. The molecule has 0 heterocycles. The average molecular weight is 288 g/mol. The first kappa shape index (κ1) is 13.9. The molecule has 112 valence electrons. The van der Waals surface area contributed by atoms with E-state index in [1.165, 1.54) is 19.3 Å². The van der Waals surface area contributed by atoms with Crippen molar-refractivity contribution in [2.24, 2.45) is 23.5 Å². The lowest BCUT2D eigenvalue weighted by Crippen LogP contribution is -2.27. The number of nitrogens with two attached hydrogens (primary N) is 1. The van der Waals surface area contributed by atoms with Crippen LogP contribution in [0.25, 0.3) is 0 Å². The van der Waals surface area contributed by atoms with Crippen molar-refractivity contribution in [2.45, 2.75) is 25.7 Å². The zero-order valence-corrected chi connectivity index (χ0v) is 11.9. The molecule has 2 aliphatic carbocycles. The van der Waals surface area contributed by atoms with Crippen LogP contribution in [-0.2, 0) is 9.59 Å². The minimum atomic E-state index is -0.522. The Bertz CT molecular complexity index is 558. The van der Waals surface area contributed by atoms with Gasteiger partial charge >= 0.3 is 0 Å². The van der Waals surface area contributed by atoms with Gasteiger partial charge in [-0.1, -0.05) is 12.5 Å². The largest absolute Gasteiger partial charge is 0.484 e. The summed E-state index contributed by atoms with van der Waals surface area (Å²) in [6.07, 6.45) is 4.70. The van der Waals surface area contributed by atoms with Gasteiger partial charge in [-0.05, 0) is 43.2 Å². The van der Waals surface area contributed by atoms with Gasteiger partial charge in [0.15, 0.2) is 6.61 Å². The predicted octanol–water partition coefficient (Wildman–Crippen LogP) is 1.93. The normalized spacial score (nSPS) is 26.6. The van der Waals surface area contributed by atoms with E-state index in [0.717, 1.165) is 12.3 Å². The number of hydrogen-bond donors (Lipinski definition) is 2. The number of hydrogen-bond acceptors (Lipinski definition) is 3. The Morgan fingerprint density at radius 2 is 2.14 bits per heavy atom. The quantitative estimate of drug-likeness (QED) is 0.868. The molecule has 3 rings (SSSR count). The van der Waals surface area contributed by atoms with E-state index in [1.807, 2.05) is 6.07 Å². The van der Waals surface area contributed by atoms with Crippen LogP contribution in [0.1, 0.15) is 25.7 Å². The van der Waals surface area contributed by atoms with Crippen LogP contribution >= 0.6 is 0 Å². The highest BCUT2D eigenvalue weighted by Crippen LogP contribution is 2.48. The van der Waals surface area contributed by atoms with E-state index < -0.39 is 5.91 Å². The molecule has 0 aliphatic heterocycles. The van der Waals surface area contributed by atoms with Crippen molar-refractivity contribution < 1.29 is 14.3 Å². The molecular weight excluding hydrogens is 268 g/mol. The summed E-state index contributed by atoms with van der Waals surface area (Å²) in [6, 6.07) is 7.05. The van der Waals surface area contributed by atoms with Gasteiger partial charge < -0.3 is 15.8 Å².